The SMILES string of the molecule is O=C(CN(C(=O)c1ccc2cc[nH]c2c1)c1ccccc1)N1CCC(CN2CCC(OC(=O)C(F)(F)F)CC2)CC1. The fourth-order valence-electron chi connectivity index (χ4n) is 5.62. The Bertz CT molecular complexity index is 1360. The van der Waals surface area contributed by atoms with Crippen LogP contribution in [0.15, 0.2) is 60.8 Å². The highest BCUT2D eigenvalue weighted by atomic mass is 19.4. The lowest BCUT2D eigenvalue weighted by molar-refractivity contribution is -0.206. The molecule has 2 aliphatic heterocycles. The number of rotatable bonds is 7. The van der Waals surface area contributed by atoms with Gasteiger partial charge < -0.3 is 19.5 Å². The molecule has 2 saturated heterocycles. The third-order valence-corrected chi connectivity index (χ3v) is 7.93. The van der Waals surface area contributed by atoms with Gasteiger partial charge in [-0.25, -0.2) is 4.79 Å². The Morgan fingerprint density at radius 3 is 2.32 bits per heavy atom. The fraction of sp³-hybridized carbons (Fsp3) is 0.433. The highest BCUT2D eigenvalue weighted by Gasteiger charge is 2.42. The molecule has 1 N–H and O–H groups in total. The molecule has 2 aliphatic rings. The largest absolute Gasteiger partial charge is 0.490 e. The van der Waals surface area contributed by atoms with Crippen LogP contribution in [0.4, 0.5) is 18.9 Å². The van der Waals surface area contributed by atoms with E-state index in [2.05, 4.69) is 14.6 Å². The molecule has 2 fully saturated rings. The molecule has 2 aromatic carbocycles. The molecule has 0 aliphatic carbocycles. The quantitative estimate of drug-likeness (QED) is 0.419. The Hall–Kier alpha value is -3.86. The van der Waals surface area contributed by atoms with Crippen LogP contribution in [0.25, 0.3) is 10.9 Å². The van der Waals surface area contributed by atoms with Gasteiger partial charge in [-0.2, -0.15) is 13.2 Å². The Labute approximate surface area is 236 Å². The van der Waals surface area contributed by atoms with Crippen LogP contribution in [0.3, 0.4) is 0 Å². The zero-order chi connectivity index (χ0) is 29.0. The number of anilines is 1. The Morgan fingerprint density at radius 1 is 0.927 bits per heavy atom. The third-order valence-electron chi connectivity index (χ3n) is 7.93. The molecule has 0 atom stereocenters. The molecule has 0 saturated carbocycles. The van der Waals surface area contributed by atoms with E-state index in [0.29, 0.717) is 56.2 Å². The number of piperidine rings is 2. The fourth-order valence-corrected chi connectivity index (χ4v) is 5.62. The van der Waals surface area contributed by atoms with Crippen molar-refractivity contribution in [3.63, 3.8) is 0 Å². The number of hydrogen-bond acceptors (Lipinski definition) is 5. The summed E-state index contributed by atoms with van der Waals surface area (Å²) < 4.78 is 42.0. The topological polar surface area (TPSA) is 86.0 Å². The standard InChI is InChI=1S/C30H33F3N4O4/c31-30(32,33)29(40)41-25-11-14-35(15-12-25)19-21-9-16-36(17-10-21)27(38)20-37(24-4-2-1-3-5-24)28(39)23-7-6-22-8-13-34-26(22)18-23/h1-8,13,18,21,25,34H,9-12,14-17,19-20H2. The molecule has 11 heteroatoms. The Kier molecular flexibility index (Phi) is 8.63. The number of halogens is 3. The van der Waals surface area contributed by atoms with Crippen molar-refractivity contribution >= 4 is 34.4 Å². The van der Waals surface area contributed by atoms with E-state index in [1.807, 2.05) is 48.7 Å². The number of ether oxygens (including phenoxy) is 1. The highest BCUT2D eigenvalue weighted by Crippen LogP contribution is 2.25. The van der Waals surface area contributed by atoms with Gasteiger partial charge in [0, 0.05) is 55.7 Å². The van der Waals surface area contributed by atoms with Crippen molar-refractivity contribution in [3.8, 4) is 0 Å². The van der Waals surface area contributed by atoms with Gasteiger partial charge in [0.05, 0.1) is 0 Å². The van der Waals surface area contributed by atoms with Crippen molar-refractivity contribution in [2.45, 2.75) is 38.0 Å². The van der Waals surface area contributed by atoms with Gasteiger partial charge in [-0.1, -0.05) is 24.3 Å². The summed E-state index contributed by atoms with van der Waals surface area (Å²) in [5.74, 6) is -2.14. The minimum absolute atomic E-state index is 0.0690. The number of aromatic nitrogens is 1. The zero-order valence-electron chi connectivity index (χ0n) is 22.6. The number of para-hydroxylation sites is 1. The zero-order valence-corrected chi connectivity index (χ0v) is 22.6. The summed E-state index contributed by atoms with van der Waals surface area (Å²) in [6, 6.07) is 16.6. The number of nitrogens with one attached hydrogen (secondary N) is 1. The molecule has 0 spiro atoms. The minimum Gasteiger partial charge on any atom is -0.456 e. The van der Waals surface area contributed by atoms with E-state index in [9.17, 15) is 27.6 Å². The van der Waals surface area contributed by atoms with Gasteiger partial charge in [0.1, 0.15) is 12.6 Å². The van der Waals surface area contributed by atoms with Gasteiger partial charge >= 0.3 is 12.1 Å². The third kappa shape index (κ3) is 7.08. The molecule has 3 heterocycles. The number of benzene rings is 2. The van der Waals surface area contributed by atoms with Gasteiger partial charge in [-0.3, -0.25) is 14.5 Å². The molecule has 5 rings (SSSR count). The van der Waals surface area contributed by atoms with E-state index in [-0.39, 0.29) is 18.4 Å². The first-order valence-electron chi connectivity index (χ1n) is 13.9. The number of hydrogen-bond donors (Lipinski definition) is 1. The van der Waals surface area contributed by atoms with Crippen molar-refractivity contribution in [1.82, 2.24) is 14.8 Å². The number of alkyl halides is 3. The maximum Gasteiger partial charge on any atom is 0.490 e. The second-order valence-corrected chi connectivity index (χ2v) is 10.7. The molecule has 218 valence electrons. The predicted octanol–water partition coefficient (Wildman–Crippen LogP) is 4.62. The van der Waals surface area contributed by atoms with Crippen molar-refractivity contribution in [3.05, 3.63) is 66.4 Å². The molecule has 3 aromatic rings. The van der Waals surface area contributed by atoms with Crippen molar-refractivity contribution in [2.24, 2.45) is 5.92 Å². The van der Waals surface area contributed by atoms with Gasteiger partial charge in [0.2, 0.25) is 5.91 Å². The normalized spacial score (nSPS) is 17.5. The molecule has 2 amide bonds. The van der Waals surface area contributed by atoms with E-state index < -0.39 is 18.2 Å². The number of carbonyl (C=O) groups is 3. The van der Waals surface area contributed by atoms with Gasteiger partial charge in [-0.15, -0.1) is 0 Å². The second kappa shape index (κ2) is 12.3. The number of likely N-dealkylation sites (tertiary alicyclic amines) is 2. The van der Waals surface area contributed by atoms with Crippen LogP contribution in [0, 0.1) is 5.92 Å². The van der Waals surface area contributed by atoms with E-state index in [0.717, 1.165) is 30.3 Å². The van der Waals surface area contributed by atoms with Crippen molar-refractivity contribution in [2.75, 3.05) is 44.2 Å². The molecule has 41 heavy (non-hydrogen) atoms. The molecule has 0 bridgehead atoms. The Balaban J connectivity index is 1.13. The molecular formula is C30H33F3N4O4. The number of nitrogens with zero attached hydrogens (tertiary/aromatic N) is 3. The monoisotopic (exact) mass is 570 g/mol. The summed E-state index contributed by atoms with van der Waals surface area (Å²) >= 11 is 0. The van der Waals surface area contributed by atoms with Crippen LogP contribution in [-0.2, 0) is 14.3 Å². The number of H-pyrrole nitrogens is 1. The summed E-state index contributed by atoms with van der Waals surface area (Å²) in [6.45, 7) is 3.01. The van der Waals surface area contributed by atoms with Crippen molar-refractivity contribution < 1.29 is 32.3 Å². The number of amides is 2. The Morgan fingerprint density at radius 2 is 1.63 bits per heavy atom. The van der Waals surface area contributed by atoms with Crippen LogP contribution in [-0.4, -0.2) is 84.1 Å². The van der Waals surface area contributed by atoms with E-state index >= 15 is 0 Å². The van der Waals surface area contributed by atoms with Gasteiger partial charge in [0.15, 0.2) is 0 Å². The summed E-state index contributed by atoms with van der Waals surface area (Å²) in [5.41, 5.74) is 1.99. The number of esters is 1. The summed E-state index contributed by atoms with van der Waals surface area (Å²) in [4.78, 5) is 46.7. The molecule has 0 unspecified atom stereocenters. The predicted molar refractivity (Wildman–Crippen MR) is 147 cm³/mol. The maximum absolute atomic E-state index is 13.6. The van der Waals surface area contributed by atoms with Gasteiger partial charge in [-0.05, 0) is 67.3 Å². The van der Waals surface area contributed by atoms with Crippen molar-refractivity contribution in [1.29, 1.82) is 0 Å². The first kappa shape index (κ1) is 28.7. The number of carbonyl (C=O) groups excluding carboxylic acids is 3. The lowest BCUT2D eigenvalue weighted by atomic mass is 9.95. The van der Waals surface area contributed by atoms with Gasteiger partial charge in [0.25, 0.3) is 5.91 Å². The average Bonchev–Trinajstić information content (AvgIpc) is 3.45. The summed E-state index contributed by atoms with van der Waals surface area (Å²) in [7, 11) is 0. The smallest absolute Gasteiger partial charge is 0.456 e. The summed E-state index contributed by atoms with van der Waals surface area (Å²) in [5, 5.41) is 1.00. The average molecular weight is 571 g/mol. The minimum atomic E-state index is -4.97. The molecule has 8 nitrogen and oxygen atoms in total. The second-order valence-electron chi connectivity index (χ2n) is 10.7. The van der Waals surface area contributed by atoms with Crippen LogP contribution in [0.1, 0.15) is 36.0 Å². The highest BCUT2D eigenvalue weighted by molar-refractivity contribution is 6.10. The molecule has 0 radical (unpaired) electrons. The number of aromatic amines is 1. The first-order chi connectivity index (χ1) is 19.7. The van der Waals surface area contributed by atoms with Crippen LogP contribution in [0.2, 0.25) is 0 Å². The maximum atomic E-state index is 13.6. The van der Waals surface area contributed by atoms with E-state index in [1.165, 1.54) is 4.90 Å². The van der Waals surface area contributed by atoms with E-state index in [1.54, 1.807) is 17.0 Å². The van der Waals surface area contributed by atoms with E-state index in [4.69, 9.17) is 0 Å². The lowest BCUT2D eigenvalue weighted by Crippen LogP contribution is -2.48. The first-order valence-corrected chi connectivity index (χ1v) is 13.9. The van der Waals surface area contributed by atoms with Crippen LogP contribution in [0.5, 0.6) is 0 Å². The number of fused-ring (bicyclic) bond motifs is 1. The lowest BCUT2D eigenvalue weighted by Gasteiger charge is -2.38. The van der Waals surface area contributed by atoms with Crippen LogP contribution >= 0.6 is 0 Å². The molecular weight excluding hydrogens is 537 g/mol. The van der Waals surface area contributed by atoms with Crippen LogP contribution < -0.4 is 4.90 Å². The molecule has 1 aromatic heterocycles. The summed E-state index contributed by atoms with van der Waals surface area (Å²) in [6.07, 6.45) is -1.50.